The first-order valence-electron chi connectivity index (χ1n) is 8.29. The molecule has 0 amide bonds. The molecule has 138 valence electrons. The number of anilines is 4. The Morgan fingerprint density at radius 2 is 1.52 bits per heavy atom. The molecule has 2 N–H and O–H groups in total. The second-order valence-corrected chi connectivity index (χ2v) is 5.77. The van der Waals surface area contributed by atoms with E-state index in [0.29, 0.717) is 17.3 Å². The monoisotopic (exact) mass is 364 g/mol. The molecule has 3 aromatic rings. The first-order valence-corrected chi connectivity index (χ1v) is 8.29. The quantitative estimate of drug-likeness (QED) is 0.638. The zero-order chi connectivity index (χ0) is 19.2. The van der Waals surface area contributed by atoms with Crippen molar-refractivity contribution in [3.8, 4) is 5.75 Å². The number of esters is 1. The van der Waals surface area contributed by atoms with Crippen LogP contribution in [0.15, 0.2) is 54.6 Å². The predicted octanol–water partition coefficient (Wildman–Crippen LogP) is 4.07. The Morgan fingerprint density at radius 3 is 2.15 bits per heavy atom. The van der Waals surface area contributed by atoms with Crippen molar-refractivity contribution in [1.29, 1.82) is 0 Å². The molecule has 0 spiro atoms. The lowest BCUT2D eigenvalue weighted by Crippen LogP contribution is -2.03. The molecule has 0 unspecified atom stereocenters. The molecule has 0 radical (unpaired) electrons. The zero-order valence-corrected chi connectivity index (χ0v) is 15.3. The Labute approximate surface area is 157 Å². The molecule has 3 rings (SSSR count). The molecule has 0 aliphatic rings. The number of benzene rings is 2. The van der Waals surface area contributed by atoms with Crippen LogP contribution in [0.25, 0.3) is 0 Å². The van der Waals surface area contributed by atoms with Crippen molar-refractivity contribution >= 4 is 29.1 Å². The number of hydrogen-bond acceptors (Lipinski definition) is 7. The standard InChI is InChI=1S/C20H20N4O3/c1-13-12-18(22-15-8-10-17(26-2)11-9-15)24-20(21-13)23-16-6-4-14(5-7-16)19(25)27-3/h4-12H,1-3H3,(H2,21,22,23,24). The first-order chi connectivity index (χ1) is 13.1. The van der Waals surface area contributed by atoms with Crippen molar-refractivity contribution in [2.45, 2.75) is 6.92 Å². The highest BCUT2D eigenvalue weighted by atomic mass is 16.5. The van der Waals surface area contributed by atoms with Gasteiger partial charge >= 0.3 is 5.97 Å². The highest BCUT2D eigenvalue weighted by molar-refractivity contribution is 5.89. The Morgan fingerprint density at radius 1 is 0.889 bits per heavy atom. The van der Waals surface area contributed by atoms with Crippen LogP contribution in [-0.2, 0) is 4.74 Å². The second kappa shape index (κ2) is 8.18. The van der Waals surface area contributed by atoms with E-state index in [1.807, 2.05) is 37.3 Å². The fraction of sp³-hybridized carbons (Fsp3) is 0.150. The lowest BCUT2D eigenvalue weighted by Gasteiger charge is -2.11. The van der Waals surface area contributed by atoms with Crippen LogP contribution in [0.3, 0.4) is 0 Å². The molecular formula is C20H20N4O3. The van der Waals surface area contributed by atoms with Gasteiger partial charge in [-0.3, -0.25) is 0 Å². The smallest absolute Gasteiger partial charge is 0.337 e. The Hall–Kier alpha value is -3.61. The number of methoxy groups -OCH3 is 2. The van der Waals surface area contributed by atoms with Crippen LogP contribution in [0.2, 0.25) is 0 Å². The van der Waals surface area contributed by atoms with Crippen molar-refractivity contribution in [3.63, 3.8) is 0 Å². The van der Waals surface area contributed by atoms with Crippen LogP contribution < -0.4 is 15.4 Å². The van der Waals surface area contributed by atoms with E-state index in [1.165, 1.54) is 7.11 Å². The maximum absolute atomic E-state index is 11.5. The molecule has 1 aromatic heterocycles. The summed E-state index contributed by atoms with van der Waals surface area (Å²) in [7, 11) is 2.98. The number of hydrogen-bond donors (Lipinski definition) is 2. The van der Waals surface area contributed by atoms with E-state index >= 15 is 0 Å². The van der Waals surface area contributed by atoms with Gasteiger partial charge in [0.1, 0.15) is 11.6 Å². The molecule has 0 saturated heterocycles. The molecule has 1 heterocycles. The number of aromatic nitrogens is 2. The van der Waals surface area contributed by atoms with Crippen molar-refractivity contribution in [2.24, 2.45) is 0 Å². The Kier molecular flexibility index (Phi) is 5.51. The number of aryl methyl sites for hydroxylation is 1. The second-order valence-electron chi connectivity index (χ2n) is 5.77. The van der Waals surface area contributed by atoms with Gasteiger partial charge in [0.05, 0.1) is 19.8 Å². The fourth-order valence-corrected chi connectivity index (χ4v) is 2.45. The third-order valence-electron chi connectivity index (χ3n) is 3.78. The van der Waals surface area contributed by atoms with Crippen molar-refractivity contribution in [1.82, 2.24) is 9.97 Å². The molecule has 7 nitrogen and oxygen atoms in total. The lowest BCUT2D eigenvalue weighted by atomic mass is 10.2. The van der Waals surface area contributed by atoms with Crippen molar-refractivity contribution in [3.05, 3.63) is 65.9 Å². The minimum atomic E-state index is -0.376. The first kappa shape index (κ1) is 18.2. The van der Waals surface area contributed by atoms with Gasteiger partial charge in [-0.1, -0.05) is 0 Å². The summed E-state index contributed by atoms with van der Waals surface area (Å²) >= 11 is 0. The number of carbonyl (C=O) groups is 1. The molecule has 0 bridgehead atoms. The molecule has 27 heavy (non-hydrogen) atoms. The zero-order valence-electron chi connectivity index (χ0n) is 15.3. The largest absolute Gasteiger partial charge is 0.497 e. The SMILES string of the molecule is COC(=O)c1ccc(Nc2nc(C)cc(Nc3ccc(OC)cc3)n2)cc1. The molecule has 2 aromatic carbocycles. The molecule has 0 saturated carbocycles. The van der Waals surface area contributed by atoms with Crippen LogP contribution in [0.1, 0.15) is 16.1 Å². The predicted molar refractivity (Wildman–Crippen MR) is 104 cm³/mol. The van der Waals surface area contributed by atoms with Gasteiger partial charge in [0, 0.05) is 23.1 Å². The minimum absolute atomic E-state index is 0.376. The van der Waals surface area contributed by atoms with E-state index in [4.69, 9.17) is 9.47 Å². The minimum Gasteiger partial charge on any atom is -0.497 e. The van der Waals surface area contributed by atoms with Gasteiger partial charge in [-0.2, -0.15) is 4.98 Å². The highest BCUT2D eigenvalue weighted by Crippen LogP contribution is 2.21. The van der Waals surface area contributed by atoms with E-state index in [0.717, 1.165) is 22.8 Å². The topological polar surface area (TPSA) is 85.4 Å². The summed E-state index contributed by atoms with van der Waals surface area (Å²) in [5.41, 5.74) is 2.95. The van der Waals surface area contributed by atoms with Crippen molar-refractivity contribution < 1.29 is 14.3 Å². The van der Waals surface area contributed by atoms with Gasteiger partial charge in [-0.05, 0) is 55.5 Å². The summed E-state index contributed by atoms with van der Waals surface area (Å²) in [4.78, 5) is 20.4. The molecule has 0 aliphatic carbocycles. The number of nitrogens with one attached hydrogen (secondary N) is 2. The van der Waals surface area contributed by atoms with E-state index in [9.17, 15) is 4.79 Å². The normalized spacial score (nSPS) is 10.2. The van der Waals surface area contributed by atoms with Crippen LogP contribution in [0.4, 0.5) is 23.1 Å². The summed E-state index contributed by atoms with van der Waals surface area (Å²) in [5, 5.41) is 6.39. The summed E-state index contributed by atoms with van der Waals surface area (Å²) in [5.74, 6) is 1.54. The van der Waals surface area contributed by atoms with Gasteiger partial charge in [0.15, 0.2) is 0 Å². The van der Waals surface area contributed by atoms with Crippen LogP contribution in [-0.4, -0.2) is 30.2 Å². The van der Waals surface area contributed by atoms with Gasteiger partial charge in [0.2, 0.25) is 5.95 Å². The number of carbonyl (C=O) groups excluding carboxylic acids is 1. The van der Waals surface area contributed by atoms with Gasteiger partial charge in [0.25, 0.3) is 0 Å². The van der Waals surface area contributed by atoms with Gasteiger partial charge < -0.3 is 20.1 Å². The molecule has 7 heteroatoms. The number of rotatable bonds is 6. The third-order valence-corrected chi connectivity index (χ3v) is 3.78. The van der Waals surface area contributed by atoms with E-state index in [2.05, 4.69) is 20.6 Å². The summed E-state index contributed by atoms with van der Waals surface area (Å²) in [6, 6.07) is 16.3. The molecule has 0 atom stereocenters. The Balaban J connectivity index is 1.75. The lowest BCUT2D eigenvalue weighted by molar-refractivity contribution is 0.0601. The maximum atomic E-state index is 11.5. The average Bonchev–Trinajstić information content (AvgIpc) is 2.68. The van der Waals surface area contributed by atoms with Crippen LogP contribution in [0, 0.1) is 6.92 Å². The van der Waals surface area contributed by atoms with Crippen molar-refractivity contribution in [2.75, 3.05) is 24.9 Å². The molecular weight excluding hydrogens is 344 g/mol. The van der Waals surface area contributed by atoms with Crippen LogP contribution >= 0.6 is 0 Å². The van der Waals surface area contributed by atoms with Crippen LogP contribution in [0.5, 0.6) is 5.75 Å². The summed E-state index contributed by atoms with van der Waals surface area (Å²) in [6.07, 6.45) is 0. The maximum Gasteiger partial charge on any atom is 0.337 e. The molecule has 0 fully saturated rings. The summed E-state index contributed by atoms with van der Waals surface area (Å²) < 4.78 is 9.86. The highest BCUT2D eigenvalue weighted by Gasteiger charge is 2.07. The van der Waals surface area contributed by atoms with E-state index in [-0.39, 0.29) is 5.97 Å². The van der Waals surface area contributed by atoms with Gasteiger partial charge in [-0.15, -0.1) is 0 Å². The van der Waals surface area contributed by atoms with E-state index in [1.54, 1.807) is 31.4 Å². The van der Waals surface area contributed by atoms with E-state index < -0.39 is 0 Å². The summed E-state index contributed by atoms with van der Waals surface area (Å²) in [6.45, 7) is 1.90. The fourth-order valence-electron chi connectivity index (χ4n) is 2.45. The molecule has 0 aliphatic heterocycles. The number of ether oxygens (including phenoxy) is 2. The average molecular weight is 364 g/mol. The third kappa shape index (κ3) is 4.72. The Bertz CT molecular complexity index is 925. The number of nitrogens with zero attached hydrogens (tertiary/aromatic N) is 2. The van der Waals surface area contributed by atoms with Gasteiger partial charge in [-0.25, -0.2) is 9.78 Å².